The number of nitrogen functional groups attached to an aromatic ring is 1. The zero-order valence-electron chi connectivity index (χ0n) is 15.5. The van der Waals surface area contributed by atoms with Gasteiger partial charge in [-0.25, -0.2) is 18.7 Å². The molecule has 0 fully saturated rings. The van der Waals surface area contributed by atoms with Gasteiger partial charge in [0.25, 0.3) is 5.91 Å². The summed E-state index contributed by atoms with van der Waals surface area (Å²) in [6.07, 6.45) is 3.69. The molecule has 4 rings (SSSR count). The number of alkyl halides is 1. The Balaban J connectivity index is 1.76. The van der Waals surface area contributed by atoms with Crippen LogP contribution in [0.4, 0.5) is 14.7 Å². The van der Waals surface area contributed by atoms with Crippen LogP contribution in [0.2, 0.25) is 0 Å². The first-order valence-electron chi connectivity index (χ1n) is 9.04. The predicted octanol–water partition coefficient (Wildman–Crippen LogP) is 3.25. The van der Waals surface area contributed by atoms with E-state index in [0.29, 0.717) is 22.5 Å². The Labute approximate surface area is 161 Å². The van der Waals surface area contributed by atoms with Gasteiger partial charge in [-0.1, -0.05) is 29.8 Å². The predicted molar refractivity (Wildman–Crippen MR) is 102 cm³/mol. The van der Waals surface area contributed by atoms with Crippen molar-refractivity contribution in [1.29, 1.82) is 0 Å². The van der Waals surface area contributed by atoms with Gasteiger partial charge in [-0.3, -0.25) is 4.79 Å². The number of halogens is 2. The Morgan fingerprint density at radius 3 is 2.64 bits per heavy atom. The molecule has 3 N–H and O–H groups in total. The number of aromatic nitrogens is 2. The summed E-state index contributed by atoms with van der Waals surface area (Å²) in [6, 6.07) is 6.34. The third-order valence-electron chi connectivity index (χ3n) is 5.38. The largest absolute Gasteiger partial charge is 0.368 e. The van der Waals surface area contributed by atoms with Gasteiger partial charge in [0.15, 0.2) is 5.67 Å². The first-order valence-corrected chi connectivity index (χ1v) is 9.04. The number of hydrogen-bond donors (Lipinski definition) is 2. The molecule has 28 heavy (non-hydrogen) atoms. The highest BCUT2D eigenvalue weighted by atomic mass is 19.1. The standard InChI is InChI=1S/C21H20F2N4O/c1-11-3-5-13(6-4-11)15-9-14(22)7-8-21(15,23)17-10-16-18(19(28)27-17)12(2)25-20(24)26-16/h3-9,15,17H,10H2,1-2H3,(H,27,28)(H2,24,25,26). The second-order valence-corrected chi connectivity index (χ2v) is 7.32. The van der Waals surface area contributed by atoms with Gasteiger partial charge in [0.1, 0.15) is 5.83 Å². The topological polar surface area (TPSA) is 80.9 Å². The fourth-order valence-corrected chi connectivity index (χ4v) is 3.95. The van der Waals surface area contributed by atoms with Crippen LogP contribution in [0, 0.1) is 13.8 Å². The Morgan fingerprint density at radius 2 is 1.93 bits per heavy atom. The Morgan fingerprint density at radius 1 is 1.21 bits per heavy atom. The number of rotatable bonds is 2. The third-order valence-corrected chi connectivity index (χ3v) is 5.38. The Hall–Kier alpha value is -3.09. The molecule has 3 atom stereocenters. The van der Waals surface area contributed by atoms with Crippen LogP contribution in [-0.2, 0) is 6.42 Å². The highest BCUT2D eigenvalue weighted by molar-refractivity contribution is 5.97. The van der Waals surface area contributed by atoms with Gasteiger partial charge >= 0.3 is 0 Å². The lowest BCUT2D eigenvalue weighted by Crippen LogP contribution is -2.56. The van der Waals surface area contributed by atoms with E-state index in [4.69, 9.17) is 5.73 Å². The van der Waals surface area contributed by atoms with E-state index in [-0.39, 0.29) is 12.4 Å². The van der Waals surface area contributed by atoms with E-state index in [0.717, 1.165) is 11.6 Å². The van der Waals surface area contributed by atoms with Crippen molar-refractivity contribution in [2.45, 2.75) is 37.9 Å². The van der Waals surface area contributed by atoms with Crippen LogP contribution in [0.25, 0.3) is 0 Å². The van der Waals surface area contributed by atoms with Crippen LogP contribution in [0.3, 0.4) is 0 Å². The van der Waals surface area contributed by atoms with Crippen LogP contribution in [0.15, 0.2) is 48.3 Å². The number of hydrogen-bond acceptors (Lipinski definition) is 4. The van der Waals surface area contributed by atoms with Gasteiger partial charge in [-0.2, -0.15) is 0 Å². The number of carbonyl (C=O) groups excluding carboxylic acids is 1. The molecular formula is C21H20F2N4O. The molecule has 3 unspecified atom stereocenters. The summed E-state index contributed by atoms with van der Waals surface area (Å²) in [7, 11) is 0. The molecule has 2 aromatic rings. The summed E-state index contributed by atoms with van der Waals surface area (Å²) in [5, 5.41) is 2.73. The number of nitrogens with two attached hydrogens (primary N) is 1. The van der Waals surface area contributed by atoms with Gasteiger partial charge in [-0.15, -0.1) is 0 Å². The van der Waals surface area contributed by atoms with Crippen LogP contribution in [0.1, 0.15) is 38.8 Å². The van der Waals surface area contributed by atoms with Gasteiger partial charge in [-0.05, 0) is 37.6 Å². The number of aryl methyl sites for hydroxylation is 2. The van der Waals surface area contributed by atoms with Crippen LogP contribution < -0.4 is 11.1 Å². The first kappa shape index (κ1) is 18.3. The average molecular weight is 382 g/mol. The van der Waals surface area contributed by atoms with Crippen LogP contribution in [-0.4, -0.2) is 27.6 Å². The summed E-state index contributed by atoms with van der Waals surface area (Å²) < 4.78 is 30.4. The summed E-state index contributed by atoms with van der Waals surface area (Å²) >= 11 is 0. The summed E-state index contributed by atoms with van der Waals surface area (Å²) in [5.74, 6) is -1.81. The molecule has 0 spiro atoms. The number of nitrogens with one attached hydrogen (secondary N) is 1. The molecule has 1 aliphatic heterocycles. The number of benzene rings is 1. The molecular weight excluding hydrogens is 362 g/mol. The van der Waals surface area contributed by atoms with Crippen molar-refractivity contribution in [3.05, 3.63) is 76.4 Å². The molecule has 2 aliphatic rings. The first-order chi connectivity index (χ1) is 13.3. The number of nitrogens with zero attached hydrogens (tertiary/aromatic N) is 2. The average Bonchev–Trinajstić information content (AvgIpc) is 2.63. The second-order valence-electron chi connectivity index (χ2n) is 7.32. The molecule has 0 saturated carbocycles. The fraction of sp³-hybridized carbons (Fsp3) is 0.286. The highest BCUT2D eigenvalue weighted by Crippen LogP contribution is 2.43. The maximum absolute atomic E-state index is 16.4. The molecule has 1 aliphatic carbocycles. The lowest BCUT2D eigenvalue weighted by Gasteiger charge is -2.40. The van der Waals surface area contributed by atoms with Crippen molar-refractivity contribution < 1.29 is 13.6 Å². The Bertz CT molecular complexity index is 1020. The minimum Gasteiger partial charge on any atom is -0.368 e. The molecule has 7 heteroatoms. The zero-order valence-corrected chi connectivity index (χ0v) is 15.5. The number of anilines is 1. The Kier molecular flexibility index (Phi) is 4.25. The zero-order chi connectivity index (χ0) is 20.1. The van der Waals surface area contributed by atoms with Gasteiger partial charge in [0.05, 0.1) is 23.0 Å². The lowest BCUT2D eigenvalue weighted by atomic mass is 9.73. The van der Waals surface area contributed by atoms with Gasteiger partial charge < -0.3 is 11.1 Å². The number of carbonyl (C=O) groups is 1. The van der Waals surface area contributed by atoms with Gasteiger partial charge in [0.2, 0.25) is 5.95 Å². The minimum absolute atomic E-state index is 0.0396. The van der Waals surface area contributed by atoms with E-state index in [2.05, 4.69) is 15.3 Å². The van der Waals surface area contributed by atoms with E-state index < -0.39 is 29.4 Å². The number of fused-ring (bicyclic) bond motifs is 1. The summed E-state index contributed by atoms with van der Waals surface area (Å²) in [5.41, 5.74) is 6.52. The van der Waals surface area contributed by atoms with Crippen LogP contribution >= 0.6 is 0 Å². The van der Waals surface area contributed by atoms with E-state index in [1.54, 1.807) is 19.1 Å². The van der Waals surface area contributed by atoms with Crippen molar-refractivity contribution in [2.24, 2.45) is 0 Å². The van der Waals surface area contributed by atoms with Crippen molar-refractivity contribution in [3.63, 3.8) is 0 Å². The summed E-state index contributed by atoms with van der Waals surface area (Å²) in [4.78, 5) is 20.8. The van der Waals surface area contributed by atoms with Crippen molar-refractivity contribution in [2.75, 3.05) is 5.73 Å². The molecule has 0 bridgehead atoms. The molecule has 144 valence electrons. The third kappa shape index (κ3) is 2.96. The minimum atomic E-state index is -2.02. The number of amides is 1. The maximum Gasteiger partial charge on any atom is 0.255 e. The quantitative estimate of drug-likeness (QED) is 0.836. The van der Waals surface area contributed by atoms with Crippen molar-refractivity contribution in [1.82, 2.24) is 15.3 Å². The number of allylic oxidation sites excluding steroid dienone is 3. The van der Waals surface area contributed by atoms with E-state index >= 15 is 4.39 Å². The van der Waals surface area contributed by atoms with Crippen molar-refractivity contribution >= 4 is 11.9 Å². The lowest BCUT2D eigenvalue weighted by molar-refractivity contribution is 0.0804. The maximum atomic E-state index is 16.4. The SMILES string of the molecule is Cc1ccc(C2C=C(F)C=CC2(F)C2Cc3nc(N)nc(C)c3C(=O)N2)cc1. The molecule has 2 heterocycles. The smallest absolute Gasteiger partial charge is 0.255 e. The van der Waals surface area contributed by atoms with Gasteiger partial charge in [0, 0.05) is 12.3 Å². The highest BCUT2D eigenvalue weighted by Gasteiger charge is 2.48. The molecule has 0 radical (unpaired) electrons. The van der Waals surface area contributed by atoms with Crippen LogP contribution in [0.5, 0.6) is 0 Å². The van der Waals surface area contributed by atoms with E-state index in [9.17, 15) is 9.18 Å². The van der Waals surface area contributed by atoms with E-state index in [1.807, 2.05) is 19.1 Å². The molecule has 5 nitrogen and oxygen atoms in total. The fourth-order valence-electron chi connectivity index (χ4n) is 3.95. The molecule has 1 aromatic carbocycles. The van der Waals surface area contributed by atoms with Crippen molar-refractivity contribution in [3.8, 4) is 0 Å². The molecule has 1 aromatic heterocycles. The normalized spacial score (nSPS) is 26.4. The molecule has 0 saturated heterocycles. The summed E-state index contributed by atoms with van der Waals surface area (Å²) in [6.45, 7) is 3.59. The second kappa shape index (κ2) is 6.51. The van der Waals surface area contributed by atoms with E-state index in [1.165, 1.54) is 12.2 Å². The monoisotopic (exact) mass is 382 g/mol. The molecule has 1 amide bonds.